The highest BCUT2D eigenvalue weighted by atomic mass is 35.5. The van der Waals surface area contributed by atoms with Crippen LogP contribution in [0.4, 0.5) is 11.4 Å². The van der Waals surface area contributed by atoms with E-state index in [-0.39, 0.29) is 39.7 Å². The average Bonchev–Trinajstić information content (AvgIpc) is 2.67. The quantitative estimate of drug-likeness (QED) is 0.270. The van der Waals surface area contributed by atoms with Crippen LogP contribution in [0.5, 0.6) is 0 Å². The van der Waals surface area contributed by atoms with Gasteiger partial charge in [-0.2, -0.15) is 0 Å². The Hall–Kier alpha value is -2.91. The summed E-state index contributed by atoms with van der Waals surface area (Å²) in [6.45, 7) is 3.74. The van der Waals surface area contributed by atoms with Gasteiger partial charge in [0.1, 0.15) is 5.02 Å². The zero-order valence-electron chi connectivity index (χ0n) is 15.6. The summed E-state index contributed by atoms with van der Waals surface area (Å²) in [4.78, 5) is 40.0. The van der Waals surface area contributed by atoms with Crippen LogP contribution in [0.3, 0.4) is 0 Å². The van der Waals surface area contributed by atoms with E-state index in [1.807, 2.05) is 13.8 Å². The number of nitrogens with one attached hydrogen (secondary N) is 1. The number of carbonyl (C=O) groups excluding carboxylic acids is 1. The van der Waals surface area contributed by atoms with E-state index in [1.165, 1.54) is 18.2 Å². The van der Waals surface area contributed by atoms with Crippen LogP contribution < -0.4 is 10.9 Å². The first-order valence-electron chi connectivity index (χ1n) is 8.66. The first kappa shape index (κ1) is 20.8. The highest BCUT2D eigenvalue weighted by molar-refractivity contribution is 7.99. The van der Waals surface area contributed by atoms with Crippen molar-refractivity contribution in [2.45, 2.75) is 25.0 Å². The summed E-state index contributed by atoms with van der Waals surface area (Å²) >= 11 is 6.90. The summed E-state index contributed by atoms with van der Waals surface area (Å²) in [7, 11) is 0. The molecule has 3 aromatic rings. The van der Waals surface area contributed by atoms with Crippen molar-refractivity contribution in [3.63, 3.8) is 0 Å². The zero-order chi connectivity index (χ0) is 21.1. The highest BCUT2D eigenvalue weighted by Crippen LogP contribution is 2.27. The number of nitrogens with zero attached hydrogens (tertiary/aromatic N) is 3. The van der Waals surface area contributed by atoms with Gasteiger partial charge in [-0.1, -0.05) is 35.5 Å². The Morgan fingerprint density at radius 2 is 2.03 bits per heavy atom. The number of hydrogen-bond acceptors (Lipinski definition) is 6. The number of rotatable bonds is 6. The number of nitro groups is 1. The van der Waals surface area contributed by atoms with Crippen molar-refractivity contribution in [1.29, 1.82) is 0 Å². The molecule has 0 saturated heterocycles. The summed E-state index contributed by atoms with van der Waals surface area (Å²) in [5.74, 6) is -0.405. The van der Waals surface area contributed by atoms with Crippen molar-refractivity contribution < 1.29 is 9.72 Å². The lowest BCUT2D eigenvalue weighted by Gasteiger charge is -2.16. The van der Waals surface area contributed by atoms with Crippen LogP contribution in [0.1, 0.15) is 19.9 Å². The van der Waals surface area contributed by atoms with Gasteiger partial charge in [0, 0.05) is 17.8 Å². The van der Waals surface area contributed by atoms with Crippen molar-refractivity contribution in [2.75, 3.05) is 11.1 Å². The van der Waals surface area contributed by atoms with Gasteiger partial charge in [-0.05, 0) is 38.1 Å². The number of aromatic nitrogens is 2. The molecule has 0 fully saturated rings. The third-order valence-corrected chi connectivity index (χ3v) is 5.32. The normalized spacial score (nSPS) is 11.0. The molecular weight excluding hydrogens is 416 g/mol. The lowest BCUT2D eigenvalue weighted by molar-refractivity contribution is -0.384. The Labute approximate surface area is 175 Å². The molecule has 3 rings (SSSR count). The zero-order valence-corrected chi connectivity index (χ0v) is 17.2. The summed E-state index contributed by atoms with van der Waals surface area (Å²) < 4.78 is 1.55. The molecule has 0 bridgehead atoms. The number of hydrogen-bond donors (Lipinski definition) is 1. The van der Waals surface area contributed by atoms with E-state index in [9.17, 15) is 19.7 Å². The van der Waals surface area contributed by atoms with Crippen LogP contribution >= 0.6 is 23.4 Å². The molecule has 150 valence electrons. The van der Waals surface area contributed by atoms with Gasteiger partial charge in [0.15, 0.2) is 5.16 Å². The van der Waals surface area contributed by atoms with E-state index >= 15 is 0 Å². The second kappa shape index (κ2) is 8.62. The number of nitro benzene ring substituents is 1. The summed E-state index contributed by atoms with van der Waals surface area (Å²) in [6.07, 6.45) is 0. The summed E-state index contributed by atoms with van der Waals surface area (Å²) in [6, 6.07) is 10.9. The maximum Gasteiger partial charge on any atom is 0.289 e. The van der Waals surface area contributed by atoms with E-state index in [0.717, 1.165) is 11.8 Å². The monoisotopic (exact) mass is 432 g/mol. The van der Waals surface area contributed by atoms with Gasteiger partial charge in [0.25, 0.3) is 11.2 Å². The van der Waals surface area contributed by atoms with Crippen molar-refractivity contribution >= 4 is 51.5 Å². The molecule has 0 aliphatic rings. The molecule has 10 heteroatoms. The van der Waals surface area contributed by atoms with Gasteiger partial charge < -0.3 is 5.32 Å². The number of halogens is 1. The first-order chi connectivity index (χ1) is 13.8. The topological polar surface area (TPSA) is 107 Å². The van der Waals surface area contributed by atoms with Crippen molar-refractivity contribution in [3.05, 3.63) is 68.0 Å². The molecule has 8 nitrogen and oxygen atoms in total. The van der Waals surface area contributed by atoms with E-state index in [1.54, 1.807) is 28.8 Å². The predicted molar refractivity (Wildman–Crippen MR) is 114 cm³/mol. The molecule has 1 aromatic heterocycles. The lowest BCUT2D eigenvalue weighted by atomic mass is 10.2. The molecule has 1 N–H and O–H groups in total. The molecule has 0 unspecified atom stereocenters. The number of para-hydroxylation sites is 1. The number of anilines is 1. The van der Waals surface area contributed by atoms with Crippen molar-refractivity contribution in [1.82, 2.24) is 9.55 Å². The van der Waals surface area contributed by atoms with Gasteiger partial charge in [-0.15, -0.1) is 0 Å². The molecule has 1 heterocycles. The van der Waals surface area contributed by atoms with E-state index in [4.69, 9.17) is 11.6 Å². The first-order valence-corrected chi connectivity index (χ1v) is 10.0. The minimum atomic E-state index is -0.618. The SMILES string of the molecule is CC(C)n1c(SCC(=O)Nc2ccc(Cl)c([N+](=O)[O-])c2)nc2ccccc2c1=O. The minimum absolute atomic E-state index is 0.0105. The van der Waals surface area contributed by atoms with Crippen LogP contribution in [0, 0.1) is 10.1 Å². The minimum Gasteiger partial charge on any atom is -0.325 e. The number of carbonyl (C=O) groups is 1. The second-order valence-corrected chi connectivity index (χ2v) is 7.79. The van der Waals surface area contributed by atoms with E-state index in [2.05, 4.69) is 10.3 Å². The van der Waals surface area contributed by atoms with Crippen LogP contribution in [-0.4, -0.2) is 26.1 Å². The molecule has 0 atom stereocenters. The average molecular weight is 433 g/mol. The van der Waals surface area contributed by atoms with Crippen molar-refractivity contribution in [3.8, 4) is 0 Å². The summed E-state index contributed by atoms with van der Waals surface area (Å²) in [5.41, 5.74) is 0.369. The second-order valence-electron chi connectivity index (χ2n) is 6.44. The van der Waals surface area contributed by atoms with Gasteiger partial charge in [0.2, 0.25) is 5.91 Å². The molecule has 0 saturated carbocycles. The van der Waals surface area contributed by atoms with E-state index < -0.39 is 4.92 Å². The lowest BCUT2D eigenvalue weighted by Crippen LogP contribution is -2.25. The molecule has 1 amide bonds. The fourth-order valence-corrected chi connectivity index (χ4v) is 3.85. The maximum atomic E-state index is 12.8. The van der Waals surface area contributed by atoms with Crippen LogP contribution in [0.25, 0.3) is 10.9 Å². The third-order valence-electron chi connectivity index (χ3n) is 4.05. The van der Waals surface area contributed by atoms with Crippen molar-refractivity contribution in [2.24, 2.45) is 0 Å². The predicted octanol–water partition coefficient (Wildman–Crippen LogP) is 4.27. The number of thioether (sulfide) groups is 1. The Morgan fingerprint density at radius 3 is 2.72 bits per heavy atom. The van der Waals surface area contributed by atoms with Crippen LogP contribution in [-0.2, 0) is 4.79 Å². The van der Waals surface area contributed by atoms with Gasteiger partial charge in [-0.25, -0.2) is 4.98 Å². The van der Waals surface area contributed by atoms with Gasteiger partial charge >= 0.3 is 0 Å². The fourth-order valence-electron chi connectivity index (χ4n) is 2.74. The largest absolute Gasteiger partial charge is 0.325 e. The van der Waals surface area contributed by atoms with Crippen LogP contribution in [0.15, 0.2) is 52.4 Å². The molecule has 0 spiro atoms. The molecule has 0 radical (unpaired) electrons. The Morgan fingerprint density at radius 1 is 1.31 bits per heavy atom. The molecule has 2 aromatic carbocycles. The Bertz CT molecular complexity index is 1160. The molecule has 0 aliphatic heterocycles. The van der Waals surface area contributed by atoms with E-state index in [0.29, 0.717) is 16.1 Å². The summed E-state index contributed by atoms with van der Waals surface area (Å²) in [5, 5.41) is 14.5. The smallest absolute Gasteiger partial charge is 0.289 e. The van der Waals surface area contributed by atoms with Gasteiger partial charge in [-0.3, -0.25) is 24.3 Å². The van der Waals surface area contributed by atoms with Crippen LogP contribution in [0.2, 0.25) is 5.02 Å². The highest BCUT2D eigenvalue weighted by Gasteiger charge is 2.17. The molecular formula is C19H17ClN4O4S. The standard InChI is InChI=1S/C19H17ClN4O4S/c1-11(2)23-18(26)13-5-3-4-6-15(13)22-19(23)29-10-17(25)21-12-7-8-14(20)16(9-12)24(27)28/h3-9,11H,10H2,1-2H3,(H,21,25). The molecule has 29 heavy (non-hydrogen) atoms. The maximum absolute atomic E-state index is 12.8. The fraction of sp³-hybridized carbons (Fsp3) is 0.211. The number of fused-ring (bicyclic) bond motifs is 1. The molecule has 0 aliphatic carbocycles. The third kappa shape index (κ3) is 4.57. The van der Waals surface area contributed by atoms with Gasteiger partial charge in [0.05, 0.1) is 21.6 Å². The number of benzene rings is 2. The Balaban J connectivity index is 1.81. The number of amides is 1. The Kier molecular flexibility index (Phi) is 6.19.